The van der Waals surface area contributed by atoms with E-state index < -0.39 is 0 Å². The van der Waals surface area contributed by atoms with Gasteiger partial charge in [0.1, 0.15) is 17.3 Å². The second kappa shape index (κ2) is 5.00. The van der Waals surface area contributed by atoms with Crippen LogP contribution < -0.4 is 9.47 Å². The molecule has 3 nitrogen and oxygen atoms in total. The van der Waals surface area contributed by atoms with Crippen molar-refractivity contribution in [2.24, 2.45) is 0 Å². The fraction of sp³-hybridized carbons (Fsp3) is 0.235. The van der Waals surface area contributed by atoms with E-state index in [9.17, 15) is 4.79 Å². The topological polar surface area (TPSA) is 35.5 Å². The first-order chi connectivity index (χ1) is 9.76. The lowest BCUT2D eigenvalue weighted by atomic mass is 10.0. The number of Topliss-reactive ketones (excluding diaryl/α,β-unsaturated/α-hetero) is 1. The Morgan fingerprint density at radius 3 is 2.30 bits per heavy atom. The summed E-state index contributed by atoms with van der Waals surface area (Å²) in [6, 6.07) is 15.5. The Balaban J connectivity index is 1.93. The Kier molecular flexibility index (Phi) is 3.18. The lowest BCUT2D eigenvalue weighted by Crippen LogP contribution is -1.93. The van der Waals surface area contributed by atoms with Gasteiger partial charge in [-0.05, 0) is 11.6 Å². The van der Waals surface area contributed by atoms with Crippen molar-refractivity contribution in [1.82, 2.24) is 0 Å². The number of carbonyl (C=O) groups excluding carboxylic acids is 1. The summed E-state index contributed by atoms with van der Waals surface area (Å²) in [4.78, 5) is 12.2. The van der Waals surface area contributed by atoms with Gasteiger partial charge in [0, 0.05) is 11.6 Å². The van der Waals surface area contributed by atoms with Crippen molar-refractivity contribution >= 4 is 5.78 Å². The van der Waals surface area contributed by atoms with E-state index in [1.54, 1.807) is 14.2 Å². The van der Waals surface area contributed by atoms with Crippen LogP contribution in [0, 0.1) is 0 Å². The molecule has 2 unspecified atom stereocenters. The number of hydrogen-bond acceptors (Lipinski definition) is 3. The molecule has 0 radical (unpaired) electrons. The molecular weight excluding hydrogens is 252 g/mol. The summed E-state index contributed by atoms with van der Waals surface area (Å²) in [5, 5.41) is 0. The largest absolute Gasteiger partial charge is 0.497 e. The van der Waals surface area contributed by atoms with Crippen LogP contribution >= 0.6 is 0 Å². The molecule has 1 fully saturated rings. The summed E-state index contributed by atoms with van der Waals surface area (Å²) < 4.78 is 10.6. The maximum absolute atomic E-state index is 12.2. The van der Waals surface area contributed by atoms with E-state index in [1.807, 2.05) is 48.5 Å². The Bertz CT molecular complexity index is 634. The van der Waals surface area contributed by atoms with E-state index in [2.05, 4.69) is 0 Å². The van der Waals surface area contributed by atoms with Gasteiger partial charge < -0.3 is 9.47 Å². The molecule has 2 aromatic carbocycles. The number of benzene rings is 2. The molecule has 20 heavy (non-hydrogen) atoms. The number of carbonyl (C=O) groups is 1. The first kappa shape index (κ1) is 12.7. The first-order valence-corrected chi connectivity index (χ1v) is 6.57. The second-order valence-electron chi connectivity index (χ2n) is 4.88. The minimum absolute atomic E-state index is 0.0431. The molecule has 0 bridgehead atoms. The Labute approximate surface area is 118 Å². The number of hydrogen-bond donors (Lipinski definition) is 0. The van der Waals surface area contributed by atoms with E-state index in [-0.39, 0.29) is 17.6 Å². The monoisotopic (exact) mass is 268 g/mol. The minimum atomic E-state index is -0.0988. The quantitative estimate of drug-likeness (QED) is 0.854. The third kappa shape index (κ3) is 2.05. The standard InChI is InChI=1S/C17H16O3/c1-19-12-8-9-13(14(10-12)20-2)16-15(17(16)18)11-6-4-3-5-7-11/h3-10,15-16H,1-2H3. The molecule has 1 saturated carbocycles. The SMILES string of the molecule is COc1ccc(C2C(=O)C2c2ccccc2)c(OC)c1. The third-order valence-corrected chi connectivity index (χ3v) is 3.77. The molecule has 0 amide bonds. The highest BCUT2D eigenvalue weighted by Gasteiger charge is 2.52. The van der Waals surface area contributed by atoms with Crippen LogP contribution in [0.3, 0.4) is 0 Å². The molecule has 0 heterocycles. The summed E-state index contributed by atoms with van der Waals surface area (Å²) in [7, 11) is 3.23. The van der Waals surface area contributed by atoms with Gasteiger partial charge in [0.2, 0.25) is 0 Å². The Morgan fingerprint density at radius 2 is 1.65 bits per heavy atom. The zero-order valence-corrected chi connectivity index (χ0v) is 11.5. The average molecular weight is 268 g/mol. The van der Waals surface area contributed by atoms with Crippen molar-refractivity contribution in [1.29, 1.82) is 0 Å². The van der Waals surface area contributed by atoms with Crippen LogP contribution in [0.1, 0.15) is 23.0 Å². The van der Waals surface area contributed by atoms with Crippen molar-refractivity contribution in [2.75, 3.05) is 14.2 Å². The summed E-state index contributed by atoms with van der Waals surface area (Å²) in [6.45, 7) is 0. The molecule has 1 aliphatic carbocycles. The number of ketones is 1. The lowest BCUT2D eigenvalue weighted by Gasteiger charge is -2.09. The molecule has 0 spiro atoms. The van der Waals surface area contributed by atoms with Crippen molar-refractivity contribution in [3.63, 3.8) is 0 Å². The average Bonchev–Trinajstić information content (AvgIpc) is 3.18. The first-order valence-electron chi connectivity index (χ1n) is 6.57. The molecule has 102 valence electrons. The van der Waals surface area contributed by atoms with Gasteiger partial charge in [-0.3, -0.25) is 4.79 Å². The van der Waals surface area contributed by atoms with E-state index >= 15 is 0 Å². The van der Waals surface area contributed by atoms with Gasteiger partial charge in [-0.25, -0.2) is 0 Å². The molecule has 0 N–H and O–H groups in total. The normalized spacial score (nSPS) is 20.6. The fourth-order valence-electron chi connectivity index (χ4n) is 2.67. The zero-order chi connectivity index (χ0) is 14.1. The van der Waals surface area contributed by atoms with Crippen LogP contribution in [0.25, 0.3) is 0 Å². The highest BCUT2D eigenvalue weighted by atomic mass is 16.5. The summed E-state index contributed by atoms with van der Waals surface area (Å²) >= 11 is 0. The van der Waals surface area contributed by atoms with Crippen LogP contribution in [-0.2, 0) is 4.79 Å². The second-order valence-corrected chi connectivity index (χ2v) is 4.88. The predicted octanol–water partition coefficient (Wildman–Crippen LogP) is 3.15. The highest BCUT2D eigenvalue weighted by Crippen LogP contribution is 2.53. The van der Waals surface area contributed by atoms with Gasteiger partial charge >= 0.3 is 0 Å². The van der Waals surface area contributed by atoms with Crippen molar-refractivity contribution in [3.05, 3.63) is 59.7 Å². The van der Waals surface area contributed by atoms with Crippen LogP contribution in [0.5, 0.6) is 11.5 Å². The van der Waals surface area contributed by atoms with Crippen LogP contribution in [0.2, 0.25) is 0 Å². The van der Waals surface area contributed by atoms with Gasteiger partial charge in [-0.15, -0.1) is 0 Å². The minimum Gasteiger partial charge on any atom is -0.497 e. The Morgan fingerprint density at radius 1 is 0.900 bits per heavy atom. The molecule has 1 aliphatic rings. The third-order valence-electron chi connectivity index (χ3n) is 3.77. The van der Waals surface area contributed by atoms with Crippen molar-refractivity contribution in [2.45, 2.75) is 11.8 Å². The molecule has 2 atom stereocenters. The van der Waals surface area contributed by atoms with E-state index in [1.165, 1.54) is 0 Å². The maximum atomic E-state index is 12.2. The molecule has 3 heteroatoms. The molecular formula is C17H16O3. The van der Waals surface area contributed by atoms with Gasteiger partial charge in [-0.1, -0.05) is 36.4 Å². The molecule has 0 aliphatic heterocycles. The zero-order valence-electron chi connectivity index (χ0n) is 11.5. The molecule has 0 aromatic heterocycles. The summed E-state index contributed by atoms with van der Waals surface area (Å²) in [6.07, 6.45) is 0. The van der Waals surface area contributed by atoms with Crippen LogP contribution in [-0.4, -0.2) is 20.0 Å². The number of ether oxygens (including phenoxy) is 2. The summed E-state index contributed by atoms with van der Waals surface area (Å²) in [5.41, 5.74) is 2.01. The highest BCUT2D eigenvalue weighted by molar-refractivity contribution is 6.09. The smallest absolute Gasteiger partial charge is 0.150 e. The van der Waals surface area contributed by atoms with E-state index in [4.69, 9.17) is 9.47 Å². The number of rotatable bonds is 4. The Hall–Kier alpha value is -2.29. The summed E-state index contributed by atoms with van der Waals surface area (Å²) in [5.74, 6) is 1.55. The maximum Gasteiger partial charge on any atom is 0.150 e. The number of methoxy groups -OCH3 is 2. The van der Waals surface area contributed by atoms with Gasteiger partial charge in [-0.2, -0.15) is 0 Å². The van der Waals surface area contributed by atoms with Crippen molar-refractivity contribution < 1.29 is 14.3 Å². The fourth-order valence-corrected chi connectivity index (χ4v) is 2.67. The molecule has 0 saturated heterocycles. The van der Waals surface area contributed by atoms with Crippen LogP contribution in [0.4, 0.5) is 0 Å². The van der Waals surface area contributed by atoms with Gasteiger partial charge in [0.15, 0.2) is 0 Å². The van der Waals surface area contributed by atoms with Gasteiger partial charge in [0.05, 0.1) is 26.1 Å². The molecule has 2 aromatic rings. The lowest BCUT2D eigenvalue weighted by molar-refractivity contribution is -0.110. The van der Waals surface area contributed by atoms with Crippen LogP contribution in [0.15, 0.2) is 48.5 Å². The predicted molar refractivity (Wildman–Crippen MR) is 76.5 cm³/mol. The van der Waals surface area contributed by atoms with E-state index in [0.29, 0.717) is 5.75 Å². The van der Waals surface area contributed by atoms with Gasteiger partial charge in [0.25, 0.3) is 0 Å². The molecule has 3 rings (SSSR count). The van der Waals surface area contributed by atoms with Crippen molar-refractivity contribution in [3.8, 4) is 11.5 Å². The van der Waals surface area contributed by atoms with E-state index in [0.717, 1.165) is 16.9 Å².